The van der Waals surface area contributed by atoms with Gasteiger partial charge in [-0.25, -0.2) is 4.79 Å². The molecule has 2 N–H and O–H groups in total. The van der Waals surface area contributed by atoms with Crippen molar-refractivity contribution in [3.8, 4) is 11.8 Å². The van der Waals surface area contributed by atoms with E-state index in [1.165, 1.54) is 18.2 Å². The summed E-state index contributed by atoms with van der Waals surface area (Å²) in [5.74, 6) is -0.731. The monoisotopic (exact) mass is 384 g/mol. The molecule has 4 rings (SSSR count). The third kappa shape index (κ3) is 2.77. The summed E-state index contributed by atoms with van der Waals surface area (Å²) < 4.78 is 49.6. The van der Waals surface area contributed by atoms with Crippen LogP contribution in [-0.2, 0) is 6.18 Å². The number of alkyl halides is 3. The molecule has 0 aliphatic carbocycles. The highest BCUT2D eigenvalue weighted by Crippen LogP contribution is 2.45. The van der Waals surface area contributed by atoms with Gasteiger partial charge >= 0.3 is 11.8 Å². The normalized spacial score (nSPS) is 16.4. The van der Waals surface area contributed by atoms with Gasteiger partial charge in [0.2, 0.25) is 5.88 Å². The summed E-state index contributed by atoms with van der Waals surface area (Å²) in [6, 6.07) is 12.4. The minimum atomic E-state index is -4.49. The summed E-state index contributed by atoms with van der Waals surface area (Å²) in [6.07, 6.45) is -4.49. The first-order valence-electron chi connectivity index (χ1n) is 8.11. The van der Waals surface area contributed by atoms with Crippen molar-refractivity contribution in [2.75, 3.05) is 0 Å². The van der Waals surface area contributed by atoms with Crippen LogP contribution in [0.1, 0.15) is 22.6 Å². The van der Waals surface area contributed by atoms with Gasteiger partial charge in [0.25, 0.3) is 0 Å². The van der Waals surface area contributed by atoms with Gasteiger partial charge in [-0.05, 0) is 35.9 Å². The molecule has 0 saturated carbocycles. The second-order valence-corrected chi connectivity index (χ2v) is 6.19. The maximum atomic E-state index is 12.9. The van der Waals surface area contributed by atoms with Crippen molar-refractivity contribution < 1.29 is 22.3 Å². The van der Waals surface area contributed by atoms with E-state index >= 15 is 0 Å². The van der Waals surface area contributed by atoms with Gasteiger partial charge in [-0.3, -0.25) is 0 Å². The summed E-state index contributed by atoms with van der Waals surface area (Å²) in [6.45, 7) is 0. The van der Waals surface area contributed by atoms with E-state index < -0.39 is 23.3 Å². The van der Waals surface area contributed by atoms with Gasteiger partial charge in [0, 0.05) is 11.5 Å². The highest BCUT2D eigenvalue weighted by molar-refractivity contribution is 5.85. The number of allylic oxidation sites excluding steroid dienone is 1. The number of nitrogens with two attached hydrogens (primary N) is 1. The Kier molecular flexibility index (Phi) is 3.89. The second kappa shape index (κ2) is 6.16. The Morgan fingerprint density at radius 3 is 2.36 bits per heavy atom. The lowest BCUT2D eigenvalue weighted by molar-refractivity contribution is -0.137. The van der Waals surface area contributed by atoms with Gasteiger partial charge in [0.05, 0.1) is 17.0 Å². The molecule has 0 unspecified atom stereocenters. The lowest BCUT2D eigenvalue weighted by Gasteiger charge is -2.27. The molecular weight excluding hydrogens is 373 g/mol. The topological polar surface area (TPSA) is 89.3 Å². The SMILES string of the molecule is N#CC1=C(N)Oc2ccc3ccc(=O)oc3c2[C@H]1c1ccc(C(F)(F)F)cc1. The van der Waals surface area contributed by atoms with E-state index in [0.717, 1.165) is 12.1 Å². The first-order chi connectivity index (χ1) is 13.3. The van der Waals surface area contributed by atoms with E-state index in [-0.39, 0.29) is 22.8 Å². The molecule has 0 bridgehead atoms. The first kappa shape index (κ1) is 17.7. The highest BCUT2D eigenvalue weighted by Gasteiger charge is 2.35. The number of benzene rings is 2. The summed E-state index contributed by atoms with van der Waals surface area (Å²) in [4.78, 5) is 11.7. The average molecular weight is 384 g/mol. The van der Waals surface area contributed by atoms with Crippen LogP contribution in [0, 0.1) is 11.3 Å². The van der Waals surface area contributed by atoms with Crippen LogP contribution in [-0.4, -0.2) is 0 Å². The van der Waals surface area contributed by atoms with Crippen molar-refractivity contribution in [1.82, 2.24) is 0 Å². The smallest absolute Gasteiger partial charge is 0.416 e. The molecule has 1 atom stereocenters. The average Bonchev–Trinajstić information content (AvgIpc) is 2.66. The van der Waals surface area contributed by atoms with Crippen molar-refractivity contribution in [3.63, 3.8) is 0 Å². The predicted octanol–water partition coefficient (Wildman–Crippen LogP) is 4.03. The molecule has 0 radical (unpaired) electrons. The minimum Gasteiger partial charge on any atom is -0.440 e. The van der Waals surface area contributed by atoms with E-state index in [1.807, 2.05) is 6.07 Å². The van der Waals surface area contributed by atoms with Gasteiger partial charge in [-0.2, -0.15) is 18.4 Å². The molecule has 1 aliphatic heterocycles. The zero-order valence-corrected chi connectivity index (χ0v) is 14.1. The van der Waals surface area contributed by atoms with Gasteiger partial charge in [-0.1, -0.05) is 12.1 Å². The van der Waals surface area contributed by atoms with Crippen LogP contribution >= 0.6 is 0 Å². The molecule has 0 amide bonds. The van der Waals surface area contributed by atoms with E-state index in [0.29, 0.717) is 16.5 Å². The number of ether oxygens (including phenoxy) is 1. The van der Waals surface area contributed by atoms with E-state index in [9.17, 15) is 23.2 Å². The van der Waals surface area contributed by atoms with Crippen LogP contribution in [0.2, 0.25) is 0 Å². The van der Waals surface area contributed by atoms with E-state index in [1.54, 1.807) is 18.2 Å². The summed E-state index contributed by atoms with van der Waals surface area (Å²) in [5.41, 5.74) is 5.40. The third-order valence-corrected chi connectivity index (χ3v) is 4.54. The molecule has 1 aliphatic rings. The van der Waals surface area contributed by atoms with Crippen molar-refractivity contribution in [3.05, 3.63) is 87.1 Å². The van der Waals surface area contributed by atoms with Gasteiger partial charge in [0.15, 0.2) is 0 Å². The Balaban J connectivity index is 1.99. The van der Waals surface area contributed by atoms with Crippen LogP contribution in [0.25, 0.3) is 11.0 Å². The van der Waals surface area contributed by atoms with Crippen molar-refractivity contribution in [1.29, 1.82) is 5.26 Å². The van der Waals surface area contributed by atoms with Crippen LogP contribution in [0.4, 0.5) is 13.2 Å². The molecule has 2 aromatic carbocycles. The molecule has 28 heavy (non-hydrogen) atoms. The van der Waals surface area contributed by atoms with Crippen molar-refractivity contribution in [2.45, 2.75) is 12.1 Å². The van der Waals surface area contributed by atoms with Gasteiger partial charge < -0.3 is 14.9 Å². The van der Waals surface area contributed by atoms with Crippen molar-refractivity contribution >= 4 is 11.0 Å². The Hall–Kier alpha value is -3.73. The Bertz CT molecular complexity index is 1220. The van der Waals surface area contributed by atoms with Crippen molar-refractivity contribution in [2.24, 2.45) is 5.73 Å². The van der Waals surface area contributed by atoms with Crippen LogP contribution < -0.4 is 16.1 Å². The highest BCUT2D eigenvalue weighted by atomic mass is 19.4. The lowest BCUT2D eigenvalue weighted by atomic mass is 9.82. The van der Waals surface area contributed by atoms with Crippen LogP contribution in [0.5, 0.6) is 5.75 Å². The standard InChI is InChI=1S/C20H11F3N2O3/c21-20(22,23)12-5-1-10(2-6-12)16-13(9-24)19(25)27-14-7-3-11-4-8-15(26)28-18(11)17(14)16/h1-8,16H,25H2/t16-/m0/s1. The molecule has 0 spiro atoms. The zero-order valence-electron chi connectivity index (χ0n) is 14.1. The summed E-state index contributed by atoms with van der Waals surface area (Å²) in [7, 11) is 0. The maximum Gasteiger partial charge on any atom is 0.416 e. The Morgan fingerprint density at radius 2 is 1.71 bits per heavy atom. The molecule has 0 fully saturated rings. The second-order valence-electron chi connectivity index (χ2n) is 6.19. The molecule has 8 heteroatoms. The maximum absolute atomic E-state index is 12.9. The number of nitrogens with zero attached hydrogens (tertiary/aromatic N) is 1. The zero-order chi connectivity index (χ0) is 20.1. The predicted molar refractivity (Wildman–Crippen MR) is 93.2 cm³/mol. The number of hydrogen-bond acceptors (Lipinski definition) is 5. The lowest BCUT2D eigenvalue weighted by Crippen LogP contribution is -2.21. The van der Waals surface area contributed by atoms with E-state index in [4.69, 9.17) is 14.9 Å². The summed E-state index contributed by atoms with van der Waals surface area (Å²) in [5, 5.41) is 10.2. The number of fused-ring (bicyclic) bond motifs is 3. The molecule has 2 heterocycles. The van der Waals surface area contributed by atoms with Crippen LogP contribution in [0.15, 0.2) is 69.2 Å². The minimum absolute atomic E-state index is 0.0197. The fourth-order valence-electron chi connectivity index (χ4n) is 3.28. The molecule has 140 valence electrons. The van der Waals surface area contributed by atoms with Gasteiger partial charge in [-0.15, -0.1) is 0 Å². The molecular formula is C20H11F3N2O3. The van der Waals surface area contributed by atoms with Crippen LogP contribution in [0.3, 0.4) is 0 Å². The number of rotatable bonds is 1. The third-order valence-electron chi connectivity index (χ3n) is 4.54. The van der Waals surface area contributed by atoms with E-state index in [2.05, 4.69) is 0 Å². The molecule has 0 saturated heterocycles. The molecule has 1 aromatic heterocycles. The molecule has 3 aromatic rings. The summed E-state index contributed by atoms with van der Waals surface area (Å²) >= 11 is 0. The quantitative estimate of drug-likeness (QED) is 0.640. The Morgan fingerprint density at radius 1 is 1.04 bits per heavy atom. The first-order valence-corrected chi connectivity index (χ1v) is 8.11. The number of nitriles is 1. The number of halogens is 3. The largest absolute Gasteiger partial charge is 0.440 e. The molecule has 5 nitrogen and oxygen atoms in total. The fraction of sp³-hybridized carbons (Fsp3) is 0.100. The Labute approximate surface area is 156 Å². The fourth-order valence-corrected chi connectivity index (χ4v) is 3.28. The number of hydrogen-bond donors (Lipinski definition) is 1. The van der Waals surface area contributed by atoms with Gasteiger partial charge in [0.1, 0.15) is 23.0 Å².